The van der Waals surface area contributed by atoms with Crippen molar-refractivity contribution in [2.45, 2.75) is 25.7 Å². The Bertz CT molecular complexity index is 111. The molecule has 3 unspecified atom stereocenters. The molecule has 0 aliphatic heterocycles. The Morgan fingerprint density at radius 3 is 2.89 bits per heavy atom. The molecule has 0 amide bonds. The lowest BCUT2D eigenvalue weighted by atomic mass is 9.90. The molecule has 0 spiro atoms. The Morgan fingerprint density at radius 2 is 2.22 bits per heavy atom. The standard InChI is InChI=1S/C8H14O/c9-5-7-3-1-2-6-4-8(6)7/h6-9H,1-5H2. The van der Waals surface area contributed by atoms with Gasteiger partial charge in [-0.05, 0) is 30.6 Å². The van der Waals surface area contributed by atoms with Gasteiger partial charge in [0.1, 0.15) is 0 Å². The van der Waals surface area contributed by atoms with E-state index in [9.17, 15) is 0 Å². The van der Waals surface area contributed by atoms with Crippen molar-refractivity contribution in [3.05, 3.63) is 0 Å². The summed E-state index contributed by atoms with van der Waals surface area (Å²) >= 11 is 0. The molecular formula is C8H14O. The smallest absolute Gasteiger partial charge is 0.0462 e. The molecule has 0 bridgehead atoms. The van der Waals surface area contributed by atoms with Crippen LogP contribution in [-0.2, 0) is 0 Å². The van der Waals surface area contributed by atoms with Crippen molar-refractivity contribution in [2.75, 3.05) is 6.61 Å². The van der Waals surface area contributed by atoms with Gasteiger partial charge in [0, 0.05) is 6.61 Å². The molecule has 52 valence electrons. The fourth-order valence-electron chi connectivity index (χ4n) is 2.26. The first-order valence-electron chi connectivity index (χ1n) is 4.02. The summed E-state index contributed by atoms with van der Waals surface area (Å²) in [5.74, 6) is 2.64. The van der Waals surface area contributed by atoms with Crippen molar-refractivity contribution >= 4 is 0 Å². The van der Waals surface area contributed by atoms with E-state index in [-0.39, 0.29) is 0 Å². The fourth-order valence-corrected chi connectivity index (χ4v) is 2.26. The van der Waals surface area contributed by atoms with Gasteiger partial charge in [-0.3, -0.25) is 0 Å². The minimum absolute atomic E-state index is 0.446. The van der Waals surface area contributed by atoms with Gasteiger partial charge < -0.3 is 5.11 Å². The minimum atomic E-state index is 0.446. The van der Waals surface area contributed by atoms with Crippen LogP contribution < -0.4 is 0 Å². The predicted molar refractivity (Wildman–Crippen MR) is 36.0 cm³/mol. The Labute approximate surface area is 56.1 Å². The highest BCUT2D eigenvalue weighted by molar-refractivity contribution is 4.94. The zero-order chi connectivity index (χ0) is 6.27. The summed E-state index contributed by atoms with van der Waals surface area (Å²) in [6, 6.07) is 0. The Kier molecular flexibility index (Phi) is 1.26. The van der Waals surface area contributed by atoms with E-state index in [4.69, 9.17) is 5.11 Å². The summed E-state index contributed by atoms with van der Waals surface area (Å²) < 4.78 is 0. The van der Waals surface area contributed by atoms with Gasteiger partial charge in [-0.25, -0.2) is 0 Å². The Morgan fingerprint density at radius 1 is 1.33 bits per heavy atom. The third-order valence-electron chi connectivity index (χ3n) is 2.97. The average molecular weight is 126 g/mol. The summed E-state index contributed by atoms with van der Waals surface area (Å²) in [5.41, 5.74) is 0. The van der Waals surface area contributed by atoms with Crippen molar-refractivity contribution in [3.63, 3.8) is 0 Å². The summed E-state index contributed by atoms with van der Waals surface area (Å²) in [7, 11) is 0. The van der Waals surface area contributed by atoms with Crippen molar-refractivity contribution in [1.82, 2.24) is 0 Å². The van der Waals surface area contributed by atoms with Crippen LogP contribution in [0, 0.1) is 17.8 Å². The quantitative estimate of drug-likeness (QED) is 0.563. The summed E-state index contributed by atoms with van der Waals surface area (Å²) in [5, 5.41) is 8.89. The first kappa shape index (κ1) is 5.72. The van der Waals surface area contributed by atoms with Crippen LogP contribution in [0.4, 0.5) is 0 Å². The van der Waals surface area contributed by atoms with Crippen LogP contribution in [0.25, 0.3) is 0 Å². The Balaban J connectivity index is 1.93. The number of aliphatic hydroxyl groups excluding tert-OH is 1. The molecule has 2 saturated carbocycles. The van der Waals surface area contributed by atoms with E-state index < -0.39 is 0 Å². The summed E-state index contributed by atoms with van der Waals surface area (Å²) in [6.07, 6.45) is 5.52. The van der Waals surface area contributed by atoms with Crippen LogP contribution in [0.1, 0.15) is 25.7 Å². The van der Waals surface area contributed by atoms with Gasteiger partial charge in [0.15, 0.2) is 0 Å². The highest BCUT2D eigenvalue weighted by Crippen LogP contribution is 2.52. The first-order valence-corrected chi connectivity index (χ1v) is 4.02. The van der Waals surface area contributed by atoms with Gasteiger partial charge in [0.25, 0.3) is 0 Å². The van der Waals surface area contributed by atoms with Gasteiger partial charge in [-0.2, -0.15) is 0 Å². The van der Waals surface area contributed by atoms with Gasteiger partial charge in [-0.1, -0.05) is 12.8 Å². The van der Waals surface area contributed by atoms with Gasteiger partial charge in [0.05, 0.1) is 0 Å². The molecule has 1 N–H and O–H groups in total. The summed E-state index contributed by atoms with van der Waals surface area (Å²) in [4.78, 5) is 0. The lowest BCUT2D eigenvalue weighted by molar-refractivity contribution is 0.179. The monoisotopic (exact) mass is 126 g/mol. The average Bonchev–Trinajstić information content (AvgIpc) is 2.64. The van der Waals surface area contributed by atoms with Crippen molar-refractivity contribution < 1.29 is 5.11 Å². The highest BCUT2D eigenvalue weighted by atomic mass is 16.3. The van der Waals surface area contributed by atoms with E-state index in [2.05, 4.69) is 0 Å². The number of aliphatic hydroxyl groups is 1. The third-order valence-corrected chi connectivity index (χ3v) is 2.97. The first-order chi connectivity index (χ1) is 4.42. The second-order valence-corrected chi connectivity index (χ2v) is 3.53. The molecule has 0 radical (unpaired) electrons. The molecular weight excluding hydrogens is 112 g/mol. The number of rotatable bonds is 1. The molecule has 0 aromatic carbocycles. The highest BCUT2D eigenvalue weighted by Gasteiger charge is 2.44. The lowest BCUT2D eigenvalue weighted by Gasteiger charge is -2.17. The van der Waals surface area contributed by atoms with Crippen molar-refractivity contribution in [3.8, 4) is 0 Å². The number of hydrogen-bond donors (Lipinski definition) is 1. The van der Waals surface area contributed by atoms with Gasteiger partial charge in [0.2, 0.25) is 0 Å². The van der Waals surface area contributed by atoms with Crippen LogP contribution in [0.2, 0.25) is 0 Å². The van der Waals surface area contributed by atoms with Gasteiger partial charge in [-0.15, -0.1) is 0 Å². The molecule has 0 saturated heterocycles. The van der Waals surface area contributed by atoms with Crippen LogP contribution in [0.15, 0.2) is 0 Å². The summed E-state index contributed by atoms with van der Waals surface area (Å²) in [6.45, 7) is 0.446. The minimum Gasteiger partial charge on any atom is -0.396 e. The van der Waals surface area contributed by atoms with Crippen LogP contribution in [0.5, 0.6) is 0 Å². The second-order valence-electron chi connectivity index (χ2n) is 3.53. The van der Waals surface area contributed by atoms with E-state index in [1.807, 2.05) is 0 Å². The molecule has 1 heteroatoms. The molecule has 0 aromatic heterocycles. The molecule has 2 rings (SSSR count). The maximum atomic E-state index is 8.89. The second kappa shape index (κ2) is 1.98. The predicted octanol–water partition coefficient (Wildman–Crippen LogP) is 1.41. The van der Waals surface area contributed by atoms with Crippen molar-refractivity contribution in [2.24, 2.45) is 17.8 Å². The molecule has 0 aromatic rings. The van der Waals surface area contributed by atoms with E-state index in [1.54, 1.807) is 0 Å². The largest absolute Gasteiger partial charge is 0.396 e. The van der Waals surface area contributed by atoms with E-state index in [0.717, 1.165) is 11.8 Å². The fraction of sp³-hybridized carbons (Fsp3) is 1.00. The van der Waals surface area contributed by atoms with Crippen molar-refractivity contribution in [1.29, 1.82) is 0 Å². The maximum absolute atomic E-state index is 8.89. The molecule has 9 heavy (non-hydrogen) atoms. The molecule has 2 aliphatic carbocycles. The molecule has 3 atom stereocenters. The normalized spacial score (nSPS) is 48.3. The third kappa shape index (κ3) is 0.877. The maximum Gasteiger partial charge on any atom is 0.0462 e. The molecule has 1 nitrogen and oxygen atoms in total. The number of fused-ring (bicyclic) bond motifs is 1. The van der Waals surface area contributed by atoms with Crippen LogP contribution >= 0.6 is 0 Å². The van der Waals surface area contributed by atoms with Crippen LogP contribution in [-0.4, -0.2) is 11.7 Å². The van der Waals surface area contributed by atoms with Crippen LogP contribution in [0.3, 0.4) is 0 Å². The SMILES string of the molecule is OCC1CCCC2CC12. The molecule has 2 fully saturated rings. The van der Waals surface area contributed by atoms with Gasteiger partial charge >= 0.3 is 0 Å². The topological polar surface area (TPSA) is 20.2 Å². The number of hydrogen-bond acceptors (Lipinski definition) is 1. The lowest BCUT2D eigenvalue weighted by Crippen LogP contribution is -2.13. The van der Waals surface area contributed by atoms with E-state index >= 15 is 0 Å². The van der Waals surface area contributed by atoms with E-state index in [0.29, 0.717) is 12.5 Å². The Hall–Kier alpha value is -0.0400. The zero-order valence-corrected chi connectivity index (χ0v) is 5.71. The molecule has 0 heterocycles. The zero-order valence-electron chi connectivity index (χ0n) is 5.71. The molecule has 2 aliphatic rings. The van der Waals surface area contributed by atoms with E-state index in [1.165, 1.54) is 25.7 Å².